The fraction of sp³-hybridized carbons (Fsp3) is 0.667. The number of fused-ring (bicyclic) bond motifs is 1. The first kappa shape index (κ1) is 15.2. The third-order valence-electron chi connectivity index (χ3n) is 4.50. The molecule has 1 heterocycles. The number of hydrogen-bond acceptors (Lipinski definition) is 2. The molecule has 0 amide bonds. The summed E-state index contributed by atoms with van der Waals surface area (Å²) in [5.41, 5.74) is 3.09. The maximum absolute atomic E-state index is 12.4. The largest absolute Gasteiger partial charge is 0.294 e. The van der Waals surface area contributed by atoms with Crippen LogP contribution in [0.4, 0.5) is 0 Å². The molecule has 0 spiro atoms. The number of aryl methyl sites for hydroxylation is 1. The van der Waals surface area contributed by atoms with E-state index in [2.05, 4.69) is 26.8 Å². The summed E-state index contributed by atoms with van der Waals surface area (Å²) in [6.45, 7) is 6.55. The van der Waals surface area contributed by atoms with Crippen molar-refractivity contribution in [3.63, 3.8) is 0 Å². The van der Waals surface area contributed by atoms with Crippen LogP contribution >= 0.6 is 0 Å². The van der Waals surface area contributed by atoms with Gasteiger partial charge in [0.15, 0.2) is 5.78 Å². The Morgan fingerprint density at radius 2 is 2.00 bits per heavy atom. The van der Waals surface area contributed by atoms with Crippen LogP contribution in [-0.2, 0) is 6.42 Å². The van der Waals surface area contributed by atoms with E-state index in [1.165, 1.54) is 25.7 Å². The van der Waals surface area contributed by atoms with Crippen molar-refractivity contribution in [1.29, 1.82) is 0 Å². The van der Waals surface area contributed by atoms with Crippen LogP contribution in [0.1, 0.15) is 87.0 Å². The number of pyridine rings is 1. The van der Waals surface area contributed by atoms with Crippen LogP contribution in [0.3, 0.4) is 0 Å². The number of carbonyl (C=O) groups is 1. The van der Waals surface area contributed by atoms with Gasteiger partial charge in [-0.05, 0) is 43.7 Å². The fourth-order valence-electron chi connectivity index (χ4n) is 3.19. The Morgan fingerprint density at radius 1 is 1.20 bits per heavy atom. The van der Waals surface area contributed by atoms with Crippen molar-refractivity contribution in [2.75, 3.05) is 0 Å². The van der Waals surface area contributed by atoms with Gasteiger partial charge in [0.25, 0.3) is 0 Å². The molecule has 0 saturated carbocycles. The predicted molar refractivity (Wildman–Crippen MR) is 83.2 cm³/mol. The van der Waals surface area contributed by atoms with Gasteiger partial charge in [-0.3, -0.25) is 9.78 Å². The van der Waals surface area contributed by atoms with Crippen molar-refractivity contribution in [1.82, 2.24) is 4.98 Å². The minimum absolute atomic E-state index is 0.203. The van der Waals surface area contributed by atoms with Crippen molar-refractivity contribution >= 4 is 5.78 Å². The number of nitrogens with zero attached hydrogens (tertiary/aromatic N) is 1. The molecule has 110 valence electrons. The first-order chi connectivity index (χ1) is 9.67. The van der Waals surface area contributed by atoms with E-state index in [-0.39, 0.29) is 5.92 Å². The number of Topliss-reactive ketones (excluding diaryl/α,β-unsaturated/α-hetero) is 1. The van der Waals surface area contributed by atoms with E-state index in [9.17, 15) is 4.79 Å². The standard InChI is InChI=1S/C18H27NO/c1-4-6-7-8-9-15-10-11-16-17(19-15)13(3)12-14(5-2)18(16)20/h10-11,13-14H,4-9,12H2,1-3H3/t13-,14-/m1/s1. The number of ketones is 1. The smallest absolute Gasteiger partial charge is 0.167 e. The lowest BCUT2D eigenvalue weighted by Gasteiger charge is -2.27. The second-order valence-electron chi connectivity index (χ2n) is 6.15. The molecule has 2 nitrogen and oxygen atoms in total. The molecule has 2 rings (SSSR count). The van der Waals surface area contributed by atoms with Gasteiger partial charge in [0.2, 0.25) is 0 Å². The summed E-state index contributed by atoms with van der Waals surface area (Å²) in [5.74, 6) is 0.934. The third kappa shape index (κ3) is 3.28. The third-order valence-corrected chi connectivity index (χ3v) is 4.50. The van der Waals surface area contributed by atoms with Crippen LogP contribution in [0, 0.1) is 5.92 Å². The molecule has 1 aromatic rings. The number of rotatable bonds is 6. The van der Waals surface area contributed by atoms with E-state index in [0.717, 1.165) is 36.2 Å². The van der Waals surface area contributed by atoms with Gasteiger partial charge in [0.1, 0.15) is 0 Å². The summed E-state index contributed by atoms with van der Waals surface area (Å²) in [5, 5.41) is 0. The average Bonchev–Trinajstić information content (AvgIpc) is 2.47. The second kappa shape index (κ2) is 7.01. The lowest BCUT2D eigenvalue weighted by atomic mass is 9.78. The summed E-state index contributed by atoms with van der Waals surface area (Å²) < 4.78 is 0. The monoisotopic (exact) mass is 273 g/mol. The van der Waals surface area contributed by atoms with Gasteiger partial charge in [-0.1, -0.05) is 40.0 Å². The zero-order chi connectivity index (χ0) is 14.5. The molecular weight excluding hydrogens is 246 g/mol. The molecule has 0 N–H and O–H groups in total. The van der Waals surface area contributed by atoms with Crippen molar-refractivity contribution in [2.24, 2.45) is 5.92 Å². The summed E-state index contributed by atoms with van der Waals surface area (Å²) in [6.07, 6.45) is 8.02. The van der Waals surface area contributed by atoms with Gasteiger partial charge in [-0.2, -0.15) is 0 Å². The first-order valence-corrected chi connectivity index (χ1v) is 8.21. The van der Waals surface area contributed by atoms with Gasteiger partial charge in [0.05, 0.1) is 5.69 Å². The van der Waals surface area contributed by atoms with Crippen LogP contribution in [0.5, 0.6) is 0 Å². The molecule has 0 unspecified atom stereocenters. The number of unbranched alkanes of at least 4 members (excludes halogenated alkanes) is 3. The van der Waals surface area contributed by atoms with E-state index >= 15 is 0 Å². The quantitative estimate of drug-likeness (QED) is 0.688. The van der Waals surface area contributed by atoms with Gasteiger partial charge in [-0.15, -0.1) is 0 Å². The highest BCUT2D eigenvalue weighted by Crippen LogP contribution is 2.34. The van der Waals surface area contributed by atoms with Gasteiger partial charge in [0, 0.05) is 17.2 Å². The van der Waals surface area contributed by atoms with E-state index in [1.807, 2.05) is 6.07 Å². The van der Waals surface area contributed by atoms with Gasteiger partial charge in [-0.25, -0.2) is 0 Å². The summed E-state index contributed by atoms with van der Waals surface area (Å²) in [6, 6.07) is 4.09. The first-order valence-electron chi connectivity index (χ1n) is 8.21. The molecule has 0 bridgehead atoms. The molecule has 0 aromatic carbocycles. The lowest BCUT2D eigenvalue weighted by molar-refractivity contribution is 0.0889. The van der Waals surface area contributed by atoms with Crippen molar-refractivity contribution in [3.05, 3.63) is 29.1 Å². The Bertz CT molecular complexity index is 466. The highest BCUT2D eigenvalue weighted by molar-refractivity contribution is 6.00. The molecule has 2 heteroatoms. The maximum atomic E-state index is 12.4. The Labute approximate surface area is 123 Å². The molecule has 1 aliphatic rings. The molecule has 2 atom stereocenters. The fourth-order valence-corrected chi connectivity index (χ4v) is 3.19. The lowest BCUT2D eigenvalue weighted by Crippen LogP contribution is -2.25. The summed E-state index contributed by atoms with van der Waals surface area (Å²) in [7, 11) is 0. The topological polar surface area (TPSA) is 30.0 Å². The van der Waals surface area contributed by atoms with Crippen LogP contribution < -0.4 is 0 Å². The van der Waals surface area contributed by atoms with Crippen molar-refractivity contribution in [2.45, 2.75) is 71.6 Å². The minimum Gasteiger partial charge on any atom is -0.294 e. The summed E-state index contributed by atoms with van der Waals surface area (Å²) in [4.78, 5) is 17.2. The molecule has 0 radical (unpaired) electrons. The van der Waals surface area contributed by atoms with Crippen LogP contribution in [-0.4, -0.2) is 10.8 Å². The molecule has 0 saturated heterocycles. The summed E-state index contributed by atoms with van der Waals surface area (Å²) >= 11 is 0. The highest BCUT2D eigenvalue weighted by atomic mass is 16.1. The zero-order valence-electron chi connectivity index (χ0n) is 13.1. The zero-order valence-corrected chi connectivity index (χ0v) is 13.1. The predicted octanol–water partition coefficient (Wildman–Crippen LogP) is 4.92. The number of carbonyl (C=O) groups excluding carboxylic acids is 1. The van der Waals surface area contributed by atoms with Crippen LogP contribution in [0.25, 0.3) is 0 Å². The average molecular weight is 273 g/mol. The molecule has 0 fully saturated rings. The van der Waals surface area contributed by atoms with E-state index < -0.39 is 0 Å². The molecule has 1 aromatic heterocycles. The highest BCUT2D eigenvalue weighted by Gasteiger charge is 2.31. The maximum Gasteiger partial charge on any atom is 0.167 e. The van der Waals surface area contributed by atoms with Crippen LogP contribution in [0.2, 0.25) is 0 Å². The van der Waals surface area contributed by atoms with Crippen molar-refractivity contribution < 1.29 is 4.79 Å². The Kier molecular flexibility index (Phi) is 5.33. The molecule has 1 aliphatic carbocycles. The van der Waals surface area contributed by atoms with Crippen molar-refractivity contribution in [3.8, 4) is 0 Å². The second-order valence-corrected chi connectivity index (χ2v) is 6.15. The van der Waals surface area contributed by atoms with Crippen LogP contribution in [0.15, 0.2) is 12.1 Å². The SMILES string of the molecule is CCCCCCc1ccc2c(n1)[C@H](C)C[C@@H](CC)C2=O. The van der Waals surface area contributed by atoms with Gasteiger partial charge >= 0.3 is 0 Å². The van der Waals surface area contributed by atoms with E-state index in [1.54, 1.807) is 0 Å². The van der Waals surface area contributed by atoms with E-state index in [4.69, 9.17) is 4.98 Å². The minimum atomic E-state index is 0.203. The molecule has 0 aliphatic heterocycles. The number of hydrogen-bond donors (Lipinski definition) is 0. The Hall–Kier alpha value is -1.18. The molecule has 20 heavy (non-hydrogen) atoms. The Balaban J connectivity index is 2.11. The Morgan fingerprint density at radius 3 is 2.70 bits per heavy atom. The normalized spacial score (nSPS) is 21.9. The van der Waals surface area contributed by atoms with E-state index in [0.29, 0.717) is 11.7 Å². The van der Waals surface area contributed by atoms with Gasteiger partial charge < -0.3 is 0 Å². The molecular formula is C18H27NO. The number of aromatic nitrogens is 1.